The van der Waals surface area contributed by atoms with Crippen molar-refractivity contribution in [2.45, 2.75) is 0 Å². The van der Waals surface area contributed by atoms with E-state index in [-0.39, 0.29) is 0 Å². The third-order valence-electron chi connectivity index (χ3n) is 11.5. The highest BCUT2D eigenvalue weighted by atomic mass is 32.1. The Morgan fingerprint density at radius 1 is 0.418 bits per heavy atom. The molecule has 0 spiro atoms. The number of thiophene rings is 1. The van der Waals surface area contributed by atoms with Crippen LogP contribution >= 0.6 is 11.3 Å². The fourth-order valence-electron chi connectivity index (χ4n) is 8.21. The van der Waals surface area contributed by atoms with Crippen LogP contribution in [-0.4, -0.2) is 54.2 Å². The van der Waals surface area contributed by atoms with E-state index in [1.54, 1.807) is 0 Å². The van der Waals surface area contributed by atoms with Gasteiger partial charge >= 0.3 is 0 Å². The number of nitrogens with zero attached hydrogens (tertiary/aromatic N) is 3. The third kappa shape index (κ3) is 5.46. The van der Waals surface area contributed by atoms with Crippen LogP contribution in [0.5, 0.6) is 0 Å². The highest BCUT2D eigenvalue weighted by Gasteiger charge is 2.20. The first kappa shape index (κ1) is 33.5. The summed E-state index contributed by atoms with van der Waals surface area (Å²) in [6.45, 7) is 0. The molecule has 3 heterocycles. The summed E-state index contributed by atoms with van der Waals surface area (Å²) in [6, 6.07) is 46.8. The topological polar surface area (TPSA) is 51.8 Å². The van der Waals surface area contributed by atoms with E-state index in [9.17, 15) is 0 Å². The third-order valence-corrected chi connectivity index (χ3v) is 12.7. The first-order valence-electron chi connectivity index (χ1n) is 18.7. The van der Waals surface area contributed by atoms with Crippen LogP contribution in [0.1, 0.15) is 0 Å². The minimum Gasteiger partial charge on any atom is -0.455 e. The van der Waals surface area contributed by atoms with E-state index >= 15 is 0 Å². The quantitative estimate of drug-likeness (QED) is 0.255. The zero-order valence-electron chi connectivity index (χ0n) is 31.4. The van der Waals surface area contributed by atoms with Gasteiger partial charge < -0.3 is 4.42 Å². The molecule has 0 unspecified atom stereocenters. The smallest absolute Gasteiger partial charge is 0.167 e. The van der Waals surface area contributed by atoms with Gasteiger partial charge in [0, 0.05) is 42.1 Å². The van der Waals surface area contributed by atoms with Crippen LogP contribution in [-0.2, 0) is 0 Å². The van der Waals surface area contributed by atoms with Gasteiger partial charge in [0.05, 0.1) is 5.56 Å². The van der Waals surface area contributed by atoms with Crippen LogP contribution < -0.4 is 27.3 Å². The Labute approximate surface area is 327 Å². The van der Waals surface area contributed by atoms with Gasteiger partial charge in [-0.3, -0.25) is 0 Å². The molecule has 3 aromatic heterocycles. The molecule has 55 heavy (non-hydrogen) atoms. The minimum atomic E-state index is 0.573. The van der Waals surface area contributed by atoms with Crippen LogP contribution in [0.2, 0.25) is 0 Å². The van der Waals surface area contributed by atoms with Gasteiger partial charge in [-0.2, -0.15) is 0 Å². The second kappa shape index (κ2) is 13.0. The molecule has 0 amide bonds. The van der Waals surface area contributed by atoms with Crippen molar-refractivity contribution in [2.75, 3.05) is 0 Å². The molecule has 0 atom stereocenters. The monoisotopic (exact) mass is 717 g/mol. The van der Waals surface area contributed by atoms with E-state index in [1.165, 1.54) is 58.6 Å². The molecule has 7 aromatic carbocycles. The number of benzene rings is 7. The Morgan fingerprint density at radius 2 is 1.02 bits per heavy atom. The van der Waals surface area contributed by atoms with Gasteiger partial charge in [-0.25, -0.2) is 15.0 Å². The molecule has 0 aliphatic rings. The van der Waals surface area contributed by atoms with Crippen LogP contribution in [0.15, 0.2) is 138 Å². The second-order valence-corrected chi connectivity index (χ2v) is 15.6. The van der Waals surface area contributed by atoms with Crippen LogP contribution in [0.25, 0.3) is 98.5 Å². The lowest BCUT2D eigenvalue weighted by atomic mass is 9.59. The molecule has 0 saturated heterocycles. The number of hydrogen-bond acceptors (Lipinski definition) is 5. The summed E-state index contributed by atoms with van der Waals surface area (Å²) in [4.78, 5) is 15.4. The summed E-state index contributed by atoms with van der Waals surface area (Å²) < 4.78 is 9.29. The number of para-hydroxylation sites is 1. The van der Waals surface area contributed by atoms with E-state index in [0.717, 1.165) is 49.8 Å². The molecule has 0 radical (unpaired) electrons. The highest BCUT2D eigenvalue weighted by Crippen LogP contribution is 2.42. The van der Waals surface area contributed by atoms with Crippen molar-refractivity contribution in [2.24, 2.45) is 0 Å². The van der Waals surface area contributed by atoms with Gasteiger partial charge in [-0.15, -0.1) is 27.7 Å². The molecule has 0 aliphatic carbocycles. The number of aromatic nitrogens is 3. The van der Waals surface area contributed by atoms with E-state index < -0.39 is 0 Å². The molecule has 0 saturated carbocycles. The lowest BCUT2D eigenvalue weighted by molar-refractivity contribution is 0.669. The number of rotatable bonds is 5. The van der Waals surface area contributed by atoms with E-state index in [0.29, 0.717) is 17.5 Å². The van der Waals surface area contributed by atoms with Gasteiger partial charge in [-0.05, 0) is 52.6 Å². The standard InChI is InChI=1S/C45H32B5N3OS/c46-36-35(37(47)39(49)40(50)38(36)48)25-11-6-12-26(21-25)44-51-43(23-9-2-1-3-10-23)52-45(53-44)31-17-8-15-29-32-22-24(19-20-33(32)54-41(29)31)27-14-7-16-30-28-13-4-5-18-34(28)55-42(27)30/h1-22H,46-50H2. The summed E-state index contributed by atoms with van der Waals surface area (Å²) in [5.41, 5.74) is 15.7. The Kier molecular flexibility index (Phi) is 7.93. The molecule has 10 heteroatoms. The van der Waals surface area contributed by atoms with Crippen molar-refractivity contribution in [3.05, 3.63) is 133 Å². The summed E-state index contributed by atoms with van der Waals surface area (Å²) in [5.74, 6) is 1.81. The SMILES string of the molecule is Bc1c(B)c(B)c(-c2cccc(-c3nc(-c4ccccc4)nc(-c4cccc5c4oc4ccc(-c6cccc7c6sc6ccccc67)cc45)n3)c2)c(B)c1B. The van der Waals surface area contributed by atoms with Gasteiger partial charge in [0.2, 0.25) is 0 Å². The summed E-state index contributed by atoms with van der Waals surface area (Å²) >= 11 is 1.85. The molecule has 0 bridgehead atoms. The Balaban J connectivity index is 1.14. The van der Waals surface area contributed by atoms with Gasteiger partial charge in [0.15, 0.2) is 17.5 Å². The summed E-state index contributed by atoms with van der Waals surface area (Å²) in [5, 5.41) is 4.68. The largest absolute Gasteiger partial charge is 0.455 e. The lowest BCUT2D eigenvalue weighted by Crippen LogP contribution is -2.55. The van der Waals surface area contributed by atoms with Crippen molar-refractivity contribution >= 4 is 120 Å². The minimum absolute atomic E-state index is 0.573. The normalized spacial score (nSPS) is 11.6. The number of furan rings is 1. The van der Waals surface area contributed by atoms with Crippen molar-refractivity contribution in [3.63, 3.8) is 0 Å². The Hall–Kier alpha value is -6.11. The van der Waals surface area contributed by atoms with Crippen molar-refractivity contribution in [3.8, 4) is 56.4 Å². The van der Waals surface area contributed by atoms with Crippen LogP contribution in [0, 0.1) is 0 Å². The molecular formula is C45H32B5N3OS. The van der Waals surface area contributed by atoms with Crippen molar-refractivity contribution in [1.29, 1.82) is 0 Å². The Bertz CT molecular complexity index is 3150. The van der Waals surface area contributed by atoms with Crippen molar-refractivity contribution in [1.82, 2.24) is 15.0 Å². The predicted octanol–water partition coefficient (Wildman–Crippen LogP) is 3.77. The maximum absolute atomic E-state index is 6.69. The van der Waals surface area contributed by atoms with Crippen LogP contribution in [0.4, 0.5) is 0 Å². The molecule has 0 fully saturated rings. The first-order chi connectivity index (χ1) is 26.8. The molecule has 10 rings (SSSR count). The second-order valence-electron chi connectivity index (χ2n) is 14.5. The number of fused-ring (bicyclic) bond motifs is 6. The van der Waals surface area contributed by atoms with Gasteiger partial charge in [0.1, 0.15) is 50.4 Å². The zero-order valence-corrected chi connectivity index (χ0v) is 32.2. The van der Waals surface area contributed by atoms with Crippen molar-refractivity contribution < 1.29 is 4.42 Å². The molecular weight excluding hydrogens is 685 g/mol. The predicted molar refractivity (Wildman–Crippen MR) is 248 cm³/mol. The molecule has 10 aromatic rings. The average molecular weight is 717 g/mol. The summed E-state index contributed by atoms with van der Waals surface area (Å²) in [6.07, 6.45) is 0. The maximum atomic E-state index is 6.69. The highest BCUT2D eigenvalue weighted by molar-refractivity contribution is 7.26. The van der Waals surface area contributed by atoms with Gasteiger partial charge in [-0.1, -0.05) is 114 Å². The van der Waals surface area contributed by atoms with E-state index in [2.05, 4.69) is 142 Å². The molecule has 0 N–H and O–H groups in total. The fourth-order valence-corrected chi connectivity index (χ4v) is 9.44. The zero-order chi connectivity index (χ0) is 37.4. The van der Waals surface area contributed by atoms with E-state index in [1.807, 2.05) is 41.7 Å². The Morgan fingerprint density at radius 3 is 1.82 bits per heavy atom. The lowest BCUT2D eigenvalue weighted by Gasteiger charge is -2.20. The van der Waals surface area contributed by atoms with Gasteiger partial charge in [0.25, 0.3) is 0 Å². The summed E-state index contributed by atoms with van der Waals surface area (Å²) in [7, 11) is 11.1. The van der Waals surface area contributed by atoms with E-state index in [4.69, 9.17) is 19.4 Å². The number of hydrogen-bond donors (Lipinski definition) is 0. The molecule has 254 valence electrons. The molecule has 4 nitrogen and oxygen atoms in total. The maximum Gasteiger partial charge on any atom is 0.167 e. The average Bonchev–Trinajstić information content (AvgIpc) is 3.81. The molecule has 0 aliphatic heterocycles. The first-order valence-corrected chi connectivity index (χ1v) is 19.5. The fraction of sp³-hybridized carbons (Fsp3) is 0. The van der Waals surface area contributed by atoms with Crippen LogP contribution in [0.3, 0.4) is 0 Å².